The molecule has 0 saturated heterocycles. The van der Waals surface area contributed by atoms with Crippen molar-refractivity contribution in [2.45, 2.75) is 12.5 Å². The summed E-state index contributed by atoms with van der Waals surface area (Å²) in [5.74, 6) is 0.104. The van der Waals surface area contributed by atoms with Gasteiger partial charge in [-0.1, -0.05) is 12.2 Å². The highest BCUT2D eigenvalue weighted by molar-refractivity contribution is 9.10. The summed E-state index contributed by atoms with van der Waals surface area (Å²) in [6.45, 7) is 0.0873. The molecule has 0 bridgehead atoms. The van der Waals surface area contributed by atoms with Crippen molar-refractivity contribution in [1.29, 1.82) is 0 Å². The van der Waals surface area contributed by atoms with Crippen LogP contribution in [0.25, 0.3) is 0 Å². The zero-order chi connectivity index (χ0) is 14.7. The predicted molar refractivity (Wildman–Crippen MR) is 79.7 cm³/mol. The Morgan fingerprint density at radius 2 is 2.30 bits per heavy atom. The molecule has 1 aliphatic rings. The third kappa shape index (κ3) is 3.49. The lowest BCUT2D eigenvalue weighted by Crippen LogP contribution is -2.36. The number of aliphatic hydroxyl groups excluding tert-OH is 1. The van der Waals surface area contributed by atoms with Crippen LogP contribution < -0.4 is 16.2 Å². The molecule has 2 atom stereocenters. The number of aromatic nitrogens is 1. The number of amides is 2. The minimum Gasteiger partial charge on any atom is -0.396 e. The Kier molecular flexibility index (Phi) is 4.61. The highest BCUT2D eigenvalue weighted by atomic mass is 79.9. The Labute approximate surface area is 124 Å². The Morgan fingerprint density at radius 3 is 2.90 bits per heavy atom. The summed E-state index contributed by atoms with van der Waals surface area (Å²) in [5.41, 5.74) is 0.359. The molecule has 0 spiro atoms. The van der Waals surface area contributed by atoms with Gasteiger partial charge in [0.2, 0.25) is 0 Å². The van der Waals surface area contributed by atoms with E-state index in [1.54, 1.807) is 19.3 Å². The average Bonchev–Trinajstić information content (AvgIpc) is 2.83. The van der Waals surface area contributed by atoms with Gasteiger partial charge in [-0.15, -0.1) is 0 Å². The first kappa shape index (κ1) is 14.8. The van der Waals surface area contributed by atoms with E-state index in [-0.39, 0.29) is 30.2 Å². The number of rotatable bonds is 3. The van der Waals surface area contributed by atoms with Gasteiger partial charge in [-0.2, -0.15) is 0 Å². The van der Waals surface area contributed by atoms with Crippen LogP contribution in [-0.2, 0) is 7.05 Å². The number of nitrogens with one attached hydrogen (secondary N) is 2. The normalized spacial score (nSPS) is 20.9. The van der Waals surface area contributed by atoms with Crippen molar-refractivity contribution in [3.05, 3.63) is 39.2 Å². The first-order valence-electron chi connectivity index (χ1n) is 6.22. The standard InChI is InChI=1S/C13H16BrN3O3/c1-17-6-10(5-11(14)12(17)19)16-13(20)15-9-3-2-8(4-9)7-18/h2-3,5-6,8-9,18H,4,7H2,1H3,(H2,15,16,20)/t8-,9+/m0/s1. The van der Waals surface area contributed by atoms with E-state index in [1.165, 1.54) is 4.57 Å². The Bertz CT molecular complexity index is 571. The lowest BCUT2D eigenvalue weighted by atomic mass is 10.1. The van der Waals surface area contributed by atoms with Crippen LogP contribution in [0.5, 0.6) is 0 Å². The molecule has 0 fully saturated rings. The van der Waals surface area contributed by atoms with E-state index in [1.807, 2.05) is 12.2 Å². The molecule has 0 saturated carbocycles. The lowest BCUT2D eigenvalue weighted by molar-refractivity contribution is 0.238. The van der Waals surface area contributed by atoms with Crippen LogP contribution in [0.3, 0.4) is 0 Å². The molecule has 6 nitrogen and oxygen atoms in total. The minimum atomic E-state index is -0.344. The Hall–Kier alpha value is -1.60. The molecule has 1 aliphatic carbocycles. The van der Waals surface area contributed by atoms with Crippen molar-refractivity contribution in [2.75, 3.05) is 11.9 Å². The number of pyridine rings is 1. The molecule has 20 heavy (non-hydrogen) atoms. The Balaban J connectivity index is 1.96. The quantitative estimate of drug-likeness (QED) is 0.722. The summed E-state index contributed by atoms with van der Waals surface area (Å²) in [4.78, 5) is 23.4. The number of hydrogen-bond donors (Lipinski definition) is 3. The van der Waals surface area contributed by atoms with E-state index < -0.39 is 0 Å². The van der Waals surface area contributed by atoms with Crippen molar-refractivity contribution in [1.82, 2.24) is 9.88 Å². The van der Waals surface area contributed by atoms with Gasteiger partial charge in [0.25, 0.3) is 5.56 Å². The molecule has 7 heteroatoms. The van der Waals surface area contributed by atoms with Gasteiger partial charge in [0.05, 0.1) is 10.2 Å². The molecule has 0 radical (unpaired) electrons. The van der Waals surface area contributed by atoms with Gasteiger partial charge in [0.1, 0.15) is 0 Å². The fourth-order valence-corrected chi connectivity index (χ4v) is 2.62. The zero-order valence-electron chi connectivity index (χ0n) is 11.0. The third-order valence-electron chi connectivity index (χ3n) is 3.12. The third-order valence-corrected chi connectivity index (χ3v) is 3.69. The fourth-order valence-electron chi connectivity index (χ4n) is 2.09. The fraction of sp³-hybridized carbons (Fsp3) is 0.385. The summed E-state index contributed by atoms with van der Waals surface area (Å²) in [5, 5.41) is 14.5. The van der Waals surface area contributed by atoms with Gasteiger partial charge < -0.3 is 20.3 Å². The average molecular weight is 342 g/mol. The number of carbonyl (C=O) groups is 1. The van der Waals surface area contributed by atoms with Crippen LogP contribution in [-0.4, -0.2) is 28.4 Å². The molecule has 1 heterocycles. The smallest absolute Gasteiger partial charge is 0.319 e. The van der Waals surface area contributed by atoms with E-state index in [4.69, 9.17) is 5.11 Å². The lowest BCUT2D eigenvalue weighted by Gasteiger charge is -2.14. The molecule has 1 aromatic heterocycles. The topological polar surface area (TPSA) is 83.4 Å². The highest BCUT2D eigenvalue weighted by Gasteiger charge is 2.19. The van der Waals surface area contributed by atoms with Gasteiger partial charge in [-0.05, 0) is 28.4 Å². The van der Waals surface area contributed by atoms with Crippen LogP contribution in [0.15, 0.2) is 33.7 Å². The van der Waals surface area contributed by atoms with Gasteiger partial charge in [0.15, 0.2) is 0 Å². The van der Waals surface area contributed by atoms with Gasteiger partial charge in [-0.3, -0.25) is 4.79 Å². The number of nitrogens with zero attached hydrogens (tertiary/aromatic N) is 1. The SMILES string of the molecule is Cn1cc(NC(=O)N[C@@H]2C=C[C@H](CO)C2)cc(Br)c1=O. The summed E-state index contributed by atoms with van der Waals surface area (Å²) in [6.07, 6.45) is 6.01. The maximum absolute atomic E-state index is 11.8. The molecule has 108 valence electrons. The monoisotopic (exact) mass is 341 g/mol. The summed E-state index contributed by atoms with van der Waals surface area (Å²) >= 11 is 3.15. The number of aliphatic hydroxyl groups is 1. The number of urea groups is 1. The second-order valence-electron chi connectivity index (χ2n) is 4.76. The van der Waals surface area contributed by atoms with Crippen LogP contribution in [0, 0.1) is 5.92 Å². The molecule has 3 N–H and O–H groups in total. The number of halogens is 1. The van der Waals surface area contributed by atoms with E-state index in [0.717, 1.165) is 0 Å². The van der Waals surface area contributed by atoms with Crippen LogP contribution >= 0.6 is 15.9 Å². The summed E-state index contributed by atoms with van der Waals surface area (Å²) < 4.78 is 1.77. The van der Waals surface area contributed by atoms with Crippen molar-refractivity contribution < 1.29 is 9.90 Å². The zero-order valence-corrected chi connectivity index (χ0v) is 12.6. The van der Waals surface area contributed by atoms with Crippen LogP contribution in [0.4, 0.5) is 10.5 Å². The highest BCUT2D eigenvalue weighted by Crippen LogP contribution is 2.17. The Morgan fingerprint density at radius 1 is 1.55 bits per heavy atom. The van der Waals surface area contributed by atoms with E-state index in [9.17, 15) is 9.59 Å². The van der Waals surface area contributed by atoms with E-state index in [2.05, 4.69) is 26.6 Å². The predicted octanol–water partition coefficient (Wildman–Crippen LogP) is 1.21. The summed E-state index contributed by atoms with van der Waals surface area (Å²) in [6, 6.07) is 1.13. The maximum Gasteiger partial charge on any atom is 0.319 e. The number of hydrogen-bond acceptors (Lipinski definition) is 3. The van der Waals surface area contributed by atoms with Crippen molar-refractivity contribution in [3.8, 4) is 0 Å². The van der Waals surface area contributed by atoms with Crippen molar-refractivity contribution in [2.24, 2.45) is 13.0 Å². The van der Waals surface area contributed by atoms with Gasteiger partial charge in [0, 0.05) is 31.8 Å². The molecule has 2 rings (SSSR count). The second kappa shape index (κ2) is 6.23. The van der Waals surface area contributed by atoms with Crippen LogP contribution in [0.2, 0.25) is 0 Å². The van der Waals surface area contributed by atoms with Gasteiger partial charge >= 0.3 is 6.03 Å². The van der Waals surface area contributed by atoms with Crippen molar-refractivity contribution >= 4 is 27.6 Å². The first-order chi connectivity index (χ1) is 9.49. The van der Waals surface area contributed by atoms with Gasteiger partial charge in [-0.25, -0.2) is 4.79 Å². The number of aryl methyl sites for hydroxylation is 1. The number of carbonyl (C=O) groups excluding carboxylic acids is 1. The molecular weight excluding hydrogens is 326 g/mol. The molecule has 0 aromatic carbocycles. The minimum absolute atomic E-state index is 0.0804. The van der Waals surface area contributed by atoms with E-state index in [0.29, 0.717) is 16.6 Å². The van der Waals surface area contributed by atoms with Crippen LogP contribution in [0.1, 0.15) is 6.42 Å². The molecular formula is C13H16BrN3O3. The van der Waals surface area contributed by atoms with E-state index >= 15 is 0 Å². The second-order valence-corrected chi connectivity index (χ2v) is 5.62. The maximum atomic E-state index is 11.8. The number of anilines is 1. The molecule has 1 aromatic rings. The van der Waals surface area contributed by atoms with Crippen molar-refractivity contribution in [3.63, 3.8) is 0 Å². The molecule has 2 amide bonds. The largest absolute Gasteiger partial charge is 0.396 e. The first-order valence-corrected chi connectivity index (χ1v) is 7.01. The molecule has 0 aliphatic heterocycles. The summed E-state index contributed by atoms with van der Waals surface area (Å²) in [7, 11) is 1.61. The molecule has 0 unspecified atom stereocenters.